The van der Waals surface area contributed by atoms with Crippen molar-refractivity contribution in [3.8, 4) is 5.75 Å². The van der Waals surface area contributed by atoms with Gasteiger partial charge in [0, 0.05) is 0 Å². The van der Waals surface area contributed by atoms with Crippen LogP contribution in [0.3, 0.4) is 0 Å². The molecule has 0 amide bonds. The third-order valence-electron chi connectivity index (χ3n) is 7.17. The van der Waals surface area contributed by atoms with Gasteiger partial charge in [-0.3, -0.25) is 0 Å². The molecule has 6 nitrogen and oxygen atoms in total. The lowest BCUT2D eigenvalue weighted by molar-refractivity contribution is -0.139. The fraction of sp³-hybridized carbons (Fsp3) is 0.654. The van der Waals surface area contributed by atoms with Gasteiger partial charge < -0.3 is 24.4 Å². The number of unbranched alkanes of at least 4 members (excludes halogenated alkanes) is 2. The summed E-state index contributed by atoms with van der Waals surface area (Å²) in [5.41, 5.74) is 2.33. The summed E-state index contributed by atoms with van der Waals surface area (Å²) in [5, 5.41) is 19.9. The predicted octanol–water partition coefficient (Wildman–Crippen LogP) is 4.73. The van der Waals surface area contributed by atoms with Crippen molar-refractivity contribution in [2.45, 2.75) is 76.9 Å². The Bertz CT molecular complexity index is 776. The van der Waals surface area contributed by atoms with Crippen molar-refractivity contribution in [1.29, 1.82) is 0 Å². The van der Waals surface area contributed by atoms with E-state index in [9.17, 15) is 9.90 Å². The lowest BCUT2D eigenvalue weighted by Crippen LogP contribution is -2.28. The minimum atomic E-state index is -0.973. The van der Waals surface area contributed by atoms with Crippen molar-refractivity contribution in [2.75, 3.05) is 13.7 Å². The normalized spacial score (nSPS) is 24.8. The van der Waals surface area contributed by atoms with E-state index < -0.39 is 5.97 Å². The molecule has 0 aliphatic heterocycles. The zero-order chi connectivity index (χ0) is 23.1. The van der Waals surface area contributed by atoms with Gasteiger partial charge in [0.1, 0.15) is 11.9 Å². The van der Waals surface area contributed by atoms with Crippen LogP contribution in [-0.4, -0.2) is 42.1 Å². The summed E-state index contributed by atoms with van der Waals surface area (Å²) in [6, 6.07) is 5.90. The molecule has 0 heterocycles. The van der Waals surface area contributed by atoms with E-state index in [0.717, 1.165) is 50.5 Å². The van der Waals surface area contributed by atoms with Crippen LogP contribution in [-0.2, 0) is 27.1 Å². The average Bonchev–Trinajstić information content (AvgIpc) is 3.08. The molecule has 3 rings (SSSR count). The number of carboxylic acids is 1. The number of aliphatic hydroxyl groups is 1. The van der Waals surface area contributed by atoms with E-state index in [0.29, 0.717) is 23.5 Å². The molecule has 0 spiro atoms. The molecule has 1 fully saturated rings. The van der Waals surface area contributed by atoms with Gasteiger partial charge in [-0.1, -0.05) is 31.9 Å². The van der Waals surface area contributed by atoms with Gasteiger partial charge in [-0.25, -0.2) is 4.79 Å². The summed E-state index contributed by atoms with van der Waals surface area (Å²) >= 11 is 0. The van der Waals surface area contributed by atoms with E-state index in [1.54, 1.807) is 7.11 Å². The van der Waals surface area contributed by atoms with Gasteiger partial charge in [0.15, 0.2) is 6.61 Å². The van der Waals surface area contributed by atoms with Crippen molar-refractivity contribution < 1.29 is 29.2 Å². The minimum Gasteiger partial charge on any atom is -0.482 e. The summed E-state index contributed by atoms with van der Waals surface area (Å²) in [4.78, 5) is 10.9. The Kier molecular flexibility index (Phi) is 8.85. The summed E-state index contributed by atoms with van der Waals surface area (Å²) < 4.78 is 16.6. The molecule has 2 aliphatic rings. The molecule has 2 N–H and O–H groups in total. The highest BCUT2D eigenvalue weighted by atomic mass is 16.7. The van der Waals surface area contributed by atoms with Gasteiger partial charge in [0.2, 0.25) is 0 Å². The average molecular weight is 447 g/mol. The standard InChI is InChI=1S/C26H38O6/c1-4-5-6-9-20(32-17(2)30-3)11-12-21-22-13-18-8-7-10-25(31-16-26(28)29)23(18)14-19(22)15-24(21)27/h7-8,10,19-22,24,27H,2,4-6,9,11-16H2,1,3H3,(H,28,29)/t19-,20-,21+,22-,24+/m0/s1. The smallest absolute Gasteiger partial charge is 0.341 e. The lowest BCUT2D eigenvalue weighted by atomic mass is 9.73. The first kappa shape index (κ1) is 24.4. The highest BCUT2D eigenvalue weighted by molar-refractivity contribution is 5.68. The number of hydrogen-bond donors (Lipinski definition) is 2. The van der Waals surface area contributed by atoms with Gasteiger partial charge in [-0.2, -0.15) is 0 Å². The molecular weight excluding hydrogens is 408 g/mol. The Morgan fingerprint density at radius 1 is 1.25 bits per heavy atom. The van der Waals surface area contributed by atoms with Crippen molar-refractivity contribution >= 4 is 5.97 Å². The van der Waals surface area contributed by atoms with Crippen LogP contribution in [0.15, 0.2) is 30.7 Å². The Morgan fingerprint density at radius 3 is 2.78 bits per heavy atom. The molecule has 0 radical (unpaired) electrons. The molecule has 2 aliphatic carbocycles. The largest absolute Gasteiger partial charge is 0.482 e. The highest BCUT2D eigenvalue weighted by Crippen LogP contribution is 2.48. The highest BCUT2D eigenvalue weighted by Gasteiger charge is 2.45. The molecule has 0 saturated heterocycles. The number of methoxy groups -OCH3 is 1. The van der Waals surface area contributed by atoms with E-state index in [-0.39, 0.29) is 24.7 Å². The van der Waals surface area contributed by atoms with E-state index in [1.807, 2.05) is 12.1 Å². The van der Waals surface area contributed by atoms with Crippen LogP contribution >= 0.6 is 0 Å². The zero-order valence-electron chi connectivity index (χ0n) is 19.4. The van der Waals surface area contributed by atoms with Crippen LogP contribution in [0.5, 0.6) is 5.75 Å². The first-order chi connectivity index (χ1) is 15.4. The van der Waals surface area contributed by atoms with Crippen LogP contribution in [0.2, 0.25) is 0 Å². The summed E-state index contributed by atoms with van der Waals surface area (Å²) in [7, 11) is 1.57. The van der Waals surface area contributed by atoms with Crippen molar-refractivity contribution in [3.63, 3.8) is 0 Å². The van der Waals surface area contributed by atoms with Crippen LogP contribution in [0.4, 0.5) is 0 Å². The van der Waals surface area contributed by atoms with Gasteiger partial charge in [-0.05, 0) is 86.5 Å². The number of ether oxygens (including phenoxy) is 3. The molecule has 1 aromatic rings. The maximum absolute atomic E-state index is 10.9. The fourth-order valence-corrected chi connectivity index (χ4v) is 5.58. The van der Waals surface area contributed by atoms with E-state index in [2.05, 4.69) is 19.6 Å². The number of carboxylic acid groups (broad SMARTS) is 1. The maximum atomic E-state index is 10.9. The van der Waals surface area contributed by atoms with Crippen molar-refractivity contribution in [1.82, 2.24) is 0 Å². The Hall–Kier alpha value is -2.21. The number of aliphatic carboxylic acids is 1. The van der Waals surface area contributed by atoms with E-state index in [1.165, 1.54) is 18.4 Å². The third-order valence-corrected chi connectivity index (χ3v) is 7.17. The van der Waals surface area contributed by atoms with Crippen LogP contribution < -0.4 is 4.74 Å². The molecule has 0 bridgehead atoms. The topological polar surface area (TPSA) is 85.2 Å². The second kappa shape index (κ2) is 11.6. The molecule has 5 atom stereocenters. The molecule has 1 saturated carbocycles. The Balaban J connectivity index is 1.65. The third kappa shape index (κ3) is 6.18. The van der Waals surface area contributed by atoms with Crippen LogP contribution in [0.1, 0.15) is 63.0 Å². The molecule has 6 heteroatoms. The molecule has 0 unspecified atom stereocenters. The fourth-order valence-electron chi connectivity index (χ4n) is 5.58. The lowest BCUT2D eigenvalue weighted by Gasteiger charge is -2.33. The maximum Gasteiger partial charge on any atom is 0.341 e. The van der Waals surface area contributed by atoms with Crippen molar-refractivity contribution in [3.05, 3.63) is 41.9 Å². The van der Waals surface area contributed by atoms with Gasteiger partial charge in [0.05, 0.1) is 13.2 Å². The Labute approximate surface area is 191 Å². The molecule has 0 aromatic heterocycles. The summed E-state index contributed by atoms with van der Waals surface area (Å²) in [6.45, 7) is 5.68. The Morgan fingerprint density at radius 2 is 2.06 bits per heavy atom. The number of fused-ring (bicyclic) bond motifs is 2. The predicted molar refractivity (Wildman–Crippen MR) is 122 cm³/mol. The minimum absolute atomic E-state index is 0.0622. The molecule has 32 heavy (non-hydrogen) atoms. The molecule has 1 aromatic carbocycles. The van der Waals surface area contributed by atoms with E-state index in [4.69, 9.17) is 19.3 Å². The van der Waals surface area contributed by atoms with Crippen LogP contribution in [0, 0.1) is 17.8 Å². The SMILES string of the molecule is C=C(OC)O[C@@H](CCCCC)CC[C@@H]1[C@H]2Cc3cccc(OCC(=O)O)c3C[C@H]2C[C@H]1O. The molecular formula is C26H38O6. The van der Waals surface area contributed by atoms with Gasteiger partial charge in [0.25, 0.3) is 5.95 Å². The molecule has 178 valence electrons. The second-order valence-corrected chi connectivity index (χ2v) is 9.26. The number of rotatable bonds is 13. The van der Waals surface area contributed by atoms with Gasteiger partial charge >= 0.3 is 5.97 Å². The first-order valence-corrected chi connectivity index (χ1v) is 12.0. The quantitative estimate of drug-likeness (QED) is 0.337. The van der Waals surface area contributed by atoms with E-state index >= 15 is 0 Å². The number of hydrogen-bond acceptors (Lipinski definition) is 5. The van der Waals surface area contributed by atoms with Crippen molar-refractivity contribution in [2.24, 2.45) is 17.8 Å². The first-order valence-electron chi connectivity index (χ1n) is 12.0. The summed E-state index contributed by atoms with van der Waals surface area (Å²) in [6.07, 6.45) is 8.50. The monoisotopic (exact) mass is 446 g/mol. The zero-order valence-corrected chi connectivity index (χ0v) is 19.4. The number of benzene rings is 1. The second-order valence-electron chi connectivity index (χ2n) is 9.26. The van der Waals surface area contributed by atoms with Crippen LogP contribution in [0.25, 0.3) is 0 Å². The number of aliphatic hydroxyl groups excluding tert-OH is 1. The van der Waals surface area contributed by atoms with Gasteiger partial charge in [-0.15, -0.1) is 0 Å². The number of carbonyl (C=O) groups is 1. The summed E-state index contributed by atoms with van der Waals surface area (Å²) in [5.74, 6) is 1.12.